The van der Waals surface area contributed by atoms with Crippen LogP contribution in [-0.4, -0.2) is 39.3 Å². The minimum atomic E-state index is 0.800. The fourth-order valence-corrected chi connectivity index (χ4v) is 3.27. The Morgan fingerprint density at radius 1 is 1.09 bits per heavy atom. The standard InChI is InChI=1S/C18H15N5/c1-12-6-7-13-15(10-12)21-18(22-9-8-19-17(13)22)23-11-20-14-4-2-3-5-16(14)23/h2-7,10-11H,8-9H2,1H3. The summed E-state index contributed by atoms with van der Waals surface area (Å²) in [6.07, 6.45) is 1.85. The van der Waals surface area contributed by atoms with Gasteiger partial charge in [0, 0.05) is 12.1 Å². The zero-order chi connectivity index (χ0) is 15.4. The van der Waals surface area contributed by atoms with Gasteiger partial charge in [-0.05, 0) is 36.8 Å². The highest BCUT2D eigenvalue weighted by atomic mass is 15.4. The van der Waals surface area contributed by atoms with Gasteiger partial charge in [0.2, 0.25) is 5.96 Å². The Morgan fingerprint density at radius 2 is 2.00 bits per heavy atom. The van der Waals surface area contributed by atoms with Gasteiger partial charge >= 0.3 is 0 Å². The van der Waals surface area contributed by atoms with Crippen molar-refractivity contribution < 1.29 is 0 Å². The summed E-state index contributed by atoms with van der Waals surface area (Å²) in [7, 11) is 0. The summed E-state index contributed by atoms with van der Waals surface area (Å²) in [6, 6.07) is 14.5. The largest absolute Gasteiger partial charge is 0.294 e. The van der Waals surface area contributed by atoms with E-state index in [1.165, 1.54) is 5.56 Å². The van der Waals surface area contributed by atoms with E-state index in [1.54, 1.807) is 0 Å². The molecule has 0 saturated carbocycles. The molecule has 0 amide bonds. The van der Waals surface area contributed by atoms with Crippen molar-refractivity contribution >= 4 is 28.5 Å². The molecule has 23 heavy (non-hydrogen) atoms. The van der Waals surface area contributed by atoms with E-state index in [1.807, 2.05) is 24.5 Å². The Morgan fingerprint density at radius 3 is 2.96 bits per heavy atom. The predicted octanol–water partition coefficient (Wildman–Crippen LogP) is 2.96. The van der Waals surface area contributed by atoms with Gasteiger partial charge in [-0.2, -0.15) is 0 Å². The Labute approximate surface area is 133 Å². The van der Waals surface area contributed by atoms with Crippen LogP contribution in [-0.2, 0) is 0 Å². The zero-order valence-electron chi connectivity index (χ0n) is 12.8. The average molecular weight is 301 g/mol. The predicted molar refractivity (Wildman–Crippen MR) is 91.5 cm³/mol. The van der Waals surface area contributed by atoms with Crippen molar-refractivity contribution in [2.75, 3.05) is 13.1 Å². The van der Waals surface area contributed by atoms with Crippen LogP contribution in [0.5, 0.6) is 0 Å². The van der Waals surface area contributed by atoms with Crippen LogP contribution in [0.3, 0.4) is 0 Å². The minimum Gasteiger partial charge on any atom is -0.294 e. The monoisotopic (exact) mass is 301 g/mol. The molecular formula is C18H15N5. The number of rotatable bonds is 0. The molecule has 0 radical (unpaired) electrons. The van der Waals surface area contributed by atoms with Crippen LogP contribution in [0.2, 0.25) is 0 Å². The van der Waals surface area contributed by atoms with Gasteiger partial charge in [0.15, 0.2) is 0 Å². The van der Waals surface area contributed by atoms with Crippen molar-refractivity contribution in [3.8, 4) is 0 Å². The van der Waals surface area contributed by atoms with Crippen LogP contribution in [0.15, 0.2) is 58.8 Å². The molecule has 3 heterocycles. The second-order valence-electron chi connectivity index (χ2n) is 5.89. The fraction of sp³-hybridized carbons (Fsp3) is 0.167. The second-order valence-corrected chi connectivity index (χ2v) is 5.89. The SMILES string of the molecule is Cc1ccc2c(c1)N=C(n1cnc3ccccc31)N1CCN=C21. The number of benzene rings is 2. The molecule has 0 unspecified atom stereocenters. The van der Waals surface area contributed by atoms with Crippen LogP contribution >= 0.6 is 0 Å². The lowest BCUT2D eigenvalue weighted by Crippen LogP contribution is -2.41. The highest BCUT2D eigenvalue weighted by molar-refractivity contribution is 6.17. The van der Waals surface area contributed by atoms with E-state index < -0.39 is 0 Å². The number of hydrogen-bond acceptors (Lipinski definition) is 4. The molecule has 0 N–H and O–H groups in total. The number of fused-ring (bicyclic) bond motifs is 4. The summed E-state index contributed by atoms with van der Waals surface area (Å²) in [6.45, 7) is 3.74. The molecule has 2 aliphatic heterocycles. The van der Waals surface area contributed by atoms with Gasteiger partial charge in [0.1, 0.15) is 12.2 Å². The highest BCUT2D eigenvalue weighted by Gasteiger charge is 2.30. The van der Waals surface area contributed by atoms with Gasteiger partial charge in [-0.25, -0.2) is 9.98 Å². The molecule has 0 atom stereocenters. The Balaban J connectivity index is 1.78. The number of hydrogen-bond donors (Lipinski definition) is 0. The average Bonchev–Trinajstić information content (AvgIpc) is 3.21. The van der Waals surface area contributed by atoms with Gasteiger partial charge in [-0.1, -0.05) is 18.2 Å². The van der Waals surface area contributed by atoms with Gasteiger partial charge in [0.25, 0.3) is 0 Å². The molecular weight excluding hydrogens is 286 g/mol. The first-order chi connectivity index (χ1) is 11.3. The Hall–Kier alpha value is -2.95. The lowest BCUT2D eigenvalue weighted by molar-refractivity contribution is 0.637. The van der Waals surface area contributed by atoms with E-state index in [4.69, 9.17) is 9.98 Å². The normalized spacial score (nSPS) is 16.1. The summed E-state index contributed by atoms with van der Waals surface area (Å²) in [5, 5.41) is 0. The molecule has 3 aromatic rings. The molecule has 0 aliphatic carbocycles. The third kappa shape index (κ3) is 1.76. The highest BCUT2D eigenvalue weighted by Crippen LogP contribution is 2.30. The number of para-hydroxylation sites is 2. The van der Waals surface area contributed by atoms with Gasteiger partial charge in [-0.3, -0.25) is 14.5 Å². The van der Waals surface area contributed by atoms with E-state index in [2.05, 4.69) is 45.6 Å². The molecule has 5 rings (SSSR count). The second kappa shape index (κ2) is 4.52. The summed E-state index contributed by atoms with van der Waals surface area (Å²) in [5.74, 6) is 1.90. The number of amidine groups is 1. The number of aryl methyl sites for hydroxylation is 1. The third-order valence-electron chi connectivity index (χ3n) is 4.37. The van der Waals surface area contributed by atoms with Crippen LogP contribution in [0.1, 0.15) is 11.1 Å². The molecule has 0 fully saturated rings. The first-order valence-corrected chi connectivity index (χ1v) is 7.75. The van der Waals surface area contributed by atoms with Crippen molar-refractivity contribution in [2.24, 2.45) is 9.98 Å². The number of imidazole rings is 1. The van der Waals surface area contributed by atoms with E-state index in [-0.39, 0.29) is 0 Å². The Kier molecular flexibility index (Phi) is 2.47. The molecule has 2 aliphatic rings. The molecule has 112 valence electrons. The van der Waals surface area contributed by atoms with E-state index in [0.717, 1.165) is 47.2 Å². The van der Waals surface area contributed by atoms with Gasteiger partial charge < -0.3 is 0 Å². The summed E-state index contributed by atoms with van der Waals surface area (Å²) in [4.78, 5) is 16.3. The maximum absolute atomic E-state index is 4.93. The molecule has 2 aromatic carbocycles. The number of nitrogens with zero attached hydrogens (tertiary/aromatic N) is 5. The number of aromatic nitrogens is 2. The van der Waals surface area contributed by atoms with Gasteiger partial charge in [-0.15, -0.1) is 0 Å². The molecule has 0 spiro atoms. The summed E-state index contributed by atoms with van der Waals surface area (Å²) < 4.78 is 2.06. The smallest absolute Gasteiger partial charge is 0.217 e. The van der Waals surface area contributed by atoms with Crippen LogP contribution < -0.4 is 0 Å². The van der Waals surface area contributed by atoms with E-state index in [0.29, 0.717) is 0 Å². The molecule has 0 saturated heterocycles. The topological polar surface area (TPSA) is 45.8 Å². The zero-order valence-corrected chi connectivity index (χ0v) is 12.8. The molecule has 0 bridgehead atoms. The van der Waals surface area contributed by atoms with Crippen molar-refractivity contribution in [3.05, 3.63) is 59.9 Å². The van der Waals surface area contributed by atoms with E-state index in [9.17, 15) is 0 Å². The van der Waals surface area contributed by atoms with Crippen molar-refractivity contribution in [2.45, 2.75) is 6.92 Å². The van der Waals surface area contributed by atoms with Crippen LogP contribution in [0.25, 0.3) is 11.0 Å². The molecule has 1 aromatic heterocycles. The van der Waals surface area contributed by atoms with Crippen molar-refractivity contribution in [3.63, 3.8) is 0 Å². The minimum absolute atomic E-state index is 0.800. The van der Waals surface area contributed by atoms with Crippen molar-refractivity contribution in [1.29, 1.82) is 0 Å². The number of aliphatic imine (C=N–C) groups is 2. The van der Waals surface area contributed by atoms with E-state index >= 15 is 0 Å². The first kappa shape index (κ1) is 12.6. The van der Waals surface area contributed by atoms with Gasteiger partial charge in [0.05, 0.1) is 23.3 Å². The van der Waals surface area contributed by atoms with Crippen LogP contribution in [0, 0.1) is 6.92 Å². The quantitative estimate of drug-likeness (QED) is 0.641. The van der Waals surface area contributed by atoms with Crippen molar-refractivity contribution in [1.82, 2.24) is 14.5 Å². The molecule has 5 heteroatoms. The fourth-order valence-electron chi connectivity index (χ4n) is 3.27. The first-order valence-electron chi connectivity index (χ1n) is 7.75. The maximum atomic E-state index is 4.93. The third-order valence-corrected chi connectivity index (χ3v) is 4.37. The lowest BCUT2D eigenvalue weighted by atomic mass is 10.1. The maximum Gasteiger partial charge on any atom is 0.217 e. The Bertz CT molecular complexity index is 996. The lowest BCUT2D eigenvalue weighted by Gasteiger charge is -2.28. The summed E-state index contributed by atoms with van der Waals surface area (Å²) >= 11 is 0. The molecule has 5 nitrogen and oxygen atoms in total. The summed E-state index contributed by atoms with van der Waals surface area (Å²) in [5.41, 5.74) is 5.34. The van der Waals surface area contributed by atoms with Crippen LogP contribution in [0.4, 0.5) is 5.69 Å².